The molecule has 1 aliphatic heterocycles. The van der Waals surface area contributed by atoms with E-state index < -0.39 is 0 Å². The number of likely N-dealkylation sites (N-methyl/N-ethyl adjacent to an activating group) is 1. The van der Waals surface area contributed by atoms with Gasteiger partial charge in [0, 0.05) is 33.2 Å². The Kier molecular flexibility index (Phi) is 4.44. The summed E-state index contributed by atoms with van der Waals surface area (Å²) < 4.78 is 5.10. The number of nitrogens with one attached hydrogen (secondary N) is 1. The van der Waals surface area contributed by atoms with E-state index in [2.05, 4.69) is 5.32 Å². The van der Waals surface area contributed by atoms with Gasteiger partial charge in [0.25, 0.3) is 5.91 Å². The van der Waals surface area contributed by atoms with Crippen molar-refractivity contribution in [1.82, 2.24) is 15.1 Å². The average Bonchev–Trinajstić information content (AvgIpc) is 2.85. The topological polar surface area (TPSA) is 65.8 Å². The Morgan fingerprint density at radius 1 is 1.32 bits per heavy atom. The number of amides is 2. The molecule has 1 aliphatic rings. The Morgan fingerprint density at radius 3 is 2.53 bits per heavy atom. The monoisotopic (exact) mass is 285 g/mol. The molecule has 104 valence electrons. The van der Waals surface area contributed by atoms with Gasteiger partial charge in [0.1, 0.15) is 0 Å². The first-order valence-electron chi connectivity index (χ1n) is 6.07. The second-order valence-corrected chi connectivity index (χ2v) is 4.72. The van der Waals surface area contributed by atoms with Crippen LogP contribution in [0.15, 0.2) is 16.5 Å². The van der Waals surface area contributed by atoms with E-state index in [1.165, 1.54) is 0 Å². The molecule has 0 saturated carbocycles. The van der Waals surface area contributed by atoms with Crippen molar-refractivity contribution in [1.29, 1.82) is 0 Å². The lowest BCUT2D eigenvalue weighted by atomic mass is 10.3. The molecule has 2 amide bonds. The number of halogens is 1. The number of carbonyl (C=O) groups is 2. The predicted octanol–water partition coefficient (Wildman–Crippen LogP) is 0.437. The SMILES string of the molecule is CNC(=O)CN1CCN(C(=O)c2ccc(Cl)o2)CC1. The van der Waals surface area contributed by atoms with Crippen LogP contribution in [0.4, 0.5) is 0 Å². The number of furan rings is 1. The molecular weight excluding hydrogens is 270 g/mol. The minimum atomic E-state index is -0.161. The van der Waals surface area contributed by atoms with Crippen LogP contribution in [0.25, 0.3) is 0 Å². The molecule has 7 heteroatoms. The van der Waals surface area contributed by atoms with Crippen LogP contribution in [0.1, 0.15) is 10.6 Å². The number of hydrogen-bond acceptors (Lipinski definition) is 4. The summed E-state index contributed by atoms with van der Waals surface area (Å²) in [7, 11) is 1.61. The second kappa shape index (κ2) is 6.08. The Labute approximate surface area is 116 Å². The van der Waals surface area contributed by atoms with E-state index in [-0.39, 0.29) is 22.8 Å². The molecule has 1 aromatic heterocycles. The van der Waals surface area contributed by atoms with E-state index in [9.17, 15) is 9.59 Å². The third-order valence-corrected chi connectivity index (χ3v) is 3.29. The van der Waals surface area contributed by atoms with Gasteiger partial charge in [-0.25, -0.2) is 0 Å². The largest absolute Gasteiger partial charge is 0.440 e. The zero-order valence-corrected chi connectivity index (χ0v) is 11.4. The molecule has 0 aliphatic carbocycles. The van der Waals surface area contributed by atoms with Gasteiger partial charge >= 0.3 is 0 Å². The predicted molar refractivity (Wildman–Crippen MR) is 70.1 cm³/mol. The molecule has 19 heavy (non-hydrogen) atoms. The number of hydrogen-bond donors (Lipinski definition) is 1. The molecule has 0 atom stereocenters. The third-order valence-electron chi connectivity index (χ3n) is 3.09. The molecule has 1 N–H and O–H groups in total. The van der Waals surface area contributed by atoms with Gasteiger partial charge in [-0.2, -0.15) is 0 Å². The van der Waals surface area contributed by atoms with E-state index in [1.54, 1.807) is 24.1 Å². The zero-order valence-electron chi connectivity index (χ0n) is 10.7. The summed E-state index contributed by atoms with van der Waals surface area (Å²) in [6.45, 7) is 2.87. The van der Waals surface area contributed by atoms with Gasteiger partial charge in [0.15, 0.2) is 11.0 Å². The second-order valence-electron chi connectivity index (χ2n) is 4.35. The van der Waals surface area contributed by atoms with Gasteiger partial charge in [0.05, 0.1) is 6.54 Å². The number of rotatable bonds is 3. The average molecular weight is 286 g/mol. The van der Waals surface area contributed by atoms with E-state index >= 15 is 0 Å². The van der Waals surface area contributed by atoms with Crippen molar-refractivity contribution in [2.75, 3.05) is 39.8 Å². The fourth-order valence-electron chi connectivity index (χ4n) is 1.98. The molecule has 2 rings (SSSR count). The van der Waals surface area contributed by atoms with Crippen molar-refractivity contribution in [3.63, 3.8) is 0 Å². The molecule has 2 heterocycles. The minimum Gasteiger partial charge on any atom is -0.440 e. The highest BCUT2D eigenvalue weighted by Gasteiger charge is 2.24. The van der Waals surface area contributed by atoms with Crippen LogP contribution in [0.3, 0.4) is 0 Å². The maximum atomic E-state index is 12.1. The fourth-order valence-corrected chi connectivity index (χ4v) is 2.12. The summed E-state index contributed by atoms with van der Waals surface area (Å²) in [6.07, 6.45) is 0. The lowest BCUT2D eigenvalue weighted by molar-refractivity contribution is -0.122. The normalized spacial score (nSPS) is 16.4. The molecular formula is C12H16ClN3O3. The van der Waals surface area contributed by atoms with Gasteiger partial charge in [0.2, 0.25) is 5.91 Å². The van der Waals surface area contributed by atoms with Gasteiger partial charge in [-0.1, -0.05) is 0 Å². The zero-order chi connectivity index (χ0) is 13.8. The minimum absolute atomic E-state index is 0.0161. The molecule has 0 aromatic carbocycles. The Balaban J connectivity index is 1.86. The molecule has 6 nitrogen and oxygen atoms in total. The van der Waals surface area contributed by atoms with E-state index in [4.69, 9.17) is 16.0 Å². The molecule has 0 radical (unpaired) electrons. The Hall–Kier alpha value is -1.53. The number of nitrogens with zero attached hydrogens (tertiary/aromatic N) is 2. The van der Waals surface area contributed by atoms with E-state index in [1.807, 2.05) is 4.90 Å². The van der Waals surface area contributed by atoms with E-state index in [0.717, 1.165) is 0 Å². The van der Waals surface area contributed by atoms with Crippen molar-refractivity contribution < 1.29 is 14.0 Å². The first-order valence-corrected chi connectivity index (χ1v) is 6.45. The van der Waals surface area contributed by atoms with Crippen molar-refractivity contribution in [2.45, 2.75) is 0 Å². The highest BCUT2D eigenvalue weighted by atomic mass is 35.5. The number of carbonyl (C=O) groups excluding carboxylic acids is 2. The van der Waals surface area contributed by atoms with Crippen LogP contribution in [0.2, 0.25) is 5.22 Å². The third kappa shape index (κ3) is 3.48. The van der Waals surface area contributed by atoms with Gasteiger partial charge < -0.3 is 14.6 Å². The van der Waals surface area contributed by atoms with Crippen molar-refractivity contribution in [2.24, 2.45) is 0 Å². The van der Waals surface area contributed by atoms with Crippen LogP contribution >= 0.6 is 11.6 Å². The maximum Gasteiger partial charge on any atom is 0.289 e. The molecule has 1 saturated heterocycles. The van der Waals surface area contributed by atoms with Gasteiger partial charge in [-0.3, -0.25) is 14.5 Å². The van der Waals surface area contributed by atoms with Crippen molar-refractivity contribution in [3.05, 3.63) is 23.1 Å². The summed E-state index contributed by atoms with van der Waals surface area (Å²) >= 11 is 5.65. The molecule has 1 aromatic rings. The van der Waals surface area contributed by atoms with Crippen LogP contribution < -0.4 is 5.32 Å². The summed E-state index contributed by atoms with van der Waals surface area (Å²) in [4.78, 5) is 27.0. The first kappa shape index (κ1) is 13.9. The fraction of sp³-hybridized carbons (Fsp3) is 0.500. The molecule has 1 fully saturated rings. The number of piperazine rings is 1. The van der Waals surface area contributed by atoms with Crippen LogP contribution in [0, 0.1) is 0 Å². The first-order chi connectivity index (χ1) is 9.10. The van der Waals surface area contributed by atoms with Crippen LogP contribution in [-0.4, -0.2) is 61.4 Å². The highest BCUT2D eigenvalue weighted by molar-refractivity contribution is 6.29. The summed E-state index contributed by atoms with van der Waals surface area (Å²) in [5.41, 5.74) is 0. The summed E-state index contributed by atoms with van der Waals surface area (Å²) in [5, 5.41) is 2.79. The molecule has 0 bridgehead atoms. The maximum absolute atomic E-state index is 12.1. The van der Waals surface area contributed by atoms with Gasteiger partial charge in [-0.05, 0) is 23.7 Å². The Morgan fingerprint density at radius 2 is 2.00 bits per heavy atom. The highest BCUT2D eigenvalue weighted by Crippen LogP contribution is 2.16. The van der Waals surface area contributed by atoms with Gasteiger partial charge in [-0.15, -0.1) is 0 Å². The summed E-state index contributed by atoms with van der Waals surface area (Å²) in [5.74, 6) is 0.0776. The van der Waals surface area contributed by atoms with Crippen LogP contribution in [0.5, 0.6) is 0 Å². The lowest BCUT2D eigenvalue weighted by Crippen LogP contribution is -2.50. The van der Waals surface area contributed by atoms with Crippen LogP contribution in [-0.2, 0) is 4.79 Å². The van der Waals surface area contributed by atoms with E-state index in [0.29, 0.717) is 32.7 Å². The molecule has 0 unspecified atom stereocenters. The van der Waals surface area contributed by atoms with Crippen molar-refractivity contribution in [3.8, 4) is 0 Å². The smallest absolute Gasteiger partial charge is 0.289 e. The van der Waals surface area contributed by atoms with Crippen molar-refractivity contribution >= 4 is 23.4 Å². The quantitative estimate of drug-likeness (QED) is 0.875. The molecule has 0 spiro atoms. The standard InChI is InChI=1S/C12H16ClN3O3/c1-14-11(17)8-15-4-6-16(7-5-15)12(18)9-2-3-10(13)19-9/h2-3H,4-8H2,1H3,(H,14,17). The summed E-state index contributed by atoms with van der Waals surface area (Å²) in [6, 6.07) is 3.12. The lowest BCUT2D eigenvalue weighted by Gasteiger charge is -2.33. The Bertz CT molecular complexity index is 467.